The Bertz CT molecular complexity index is 1480. The number of hydrogen-bond acceptors (Lipinski definition) is 7. The van der Waals surface area contributed by atoms with Crippen LogP contribution in [0, 0.1) is 5.41 Å². The normalized spacial score (nSPS) is 20.1. The second kappa shape index (κ2) is 10.9. The van der Waals surface area contributed by atoms with E-state index < -0.39 is 6.04 Å². The number of amides is 1. The van der Waals surface area contributed by atoms with Crippen LogP contribution >= 0.6 is 0 Å². The molecule has 2 aliphatic heterocycles. The Morgan fingerprint density at radius 1 is 1.00 bits per heavy atom. The molecule has 1 amide bonds. The van der Waals surface area contributed by atoms with Crippen molar-refractivity contribution >= 4 is 28.9 Å². The van der Waals surface area contributed by atoms with Crippen molar-refractivity contribution in [3.63, 3.8) is 0 Å². The van der Waals surface area contributed by atoms with Crippen molar-refractivity contribution < 1.29 is 14.3 Å². The minimum absolute atomic E-state index is 0.0426. The molecule has 1 aromatic heterocycles. The molecule has 8 heteroatoms. The molecule has 1 saturated heterocycles. The lowest BCUT2D eigenvalue weighted by Crippen LogP contribution is -2.52. The number of Topliss-reactive ketones (excluding diaryl/α,β-unsaturated/α-hetero) is 1. The number of anilines is 3. The second-order valence-electron chi connectivity index (χ2n) is 11.8. The number of hydrogen-bond donors (Lipinski definition) is 1. The van der Waals surface area contributed by atoms with Gasteiger partial charge in [0.2, 0.25) is 5.91 Å². The van der Waals surface area contributed by atoms with Crippen LogP contribution in [-0.2, 0) is 9.59 Å². The Hall–Kier alpha value is -4.33. The van der Waals surface area contributed by atoms with Gasteiger partial charge in [0.1, 0.15) is 11.6 Å². The number of aromatic nitrogens is 1. The predicted octanol–water partition coefficient (Wildman–Crippen LogP) is 5.06. The molecule has 1 aliphatic carbocycles. The number of nitrogens with one attached hydrogen (secondary N) is 1. The lowest BCUT2D eigenvalue weighted by Gasteiger charge is -2.40. The molecule has 212 valence electrons. The first-order valence-electron chi connectivity index (χ1n) is 14.3. The first-order chi connectivity index (χ1) is 19.8. The Kier molecular flexibility index (Phi) is 7.15. The summed E-state index contributed by atoms with van der Waals surface area (Å²) in [6, 6.07) is 21.4. The Morgan fingerprint density at radius 2 is 1.78 bits per heavy atom. The van der Waals surface area contributed by atoms with Crippen LogP contribution in [0.4, 0.5) is 17.2 Å². The van der Waals surface area contributed by atoms with Crippen LogP contribution in [0.3, 0.4) is 0 Å². The molecule has 1 N–H and O–H groups in total. The topological polar surface area (TPSA) is 78.0 Å². The average molecular weight is 552 g/mol. The minimum Gasteiger partial charge on any atom is -0.497 e. The third-order valence-corrected chi connectivity index (χ3v) is 8.32. The van der Waals surface area contributed by atoms with Crippen LogP contribution in [0.5, 0.6) is 5.75 Å². The summed E-state index contributed by atoms with van der Waals surface area (Å²) < 4.78 is 5.58. The highest BCUT2D eigenvalue weighted by Crippen LogP contribution is 2.48. The molecule has 0 radical (unpaired) electrons. The summed E-state index contributed by atoms with van der Waals surface area (Å²) >= 11 is 0. The Labute approximate surface area is 241 Å². The number of allylic oxidation sites excluding steroid dienone is 1. The van der Waals surface area contributed by atoms with Gasteiger partial charge in [-0.1, -0.05) is 44.2 Å². The van der Waals surface area contributed by atoms with Crippen LogP contribution in [-0.4, -0.2) is 61.4 Å². The first-order valence-corrected chi connectivity index (χ1v) is 14.3. The summed E-state index contributed by atoms with van der Waals surface area (Å²) in [5.41, 5.74) is 4.25. The lowest BCUT2D eigenvalue weighted by atomic mass is 9.73. The molecule has 1 unspecified atom stereocenters. The maximum absolute atomic E-state index is 14.0. The number of rotatable bonds is 5. The van der Waals surface area contributed by atoms with Crippen molar-refractivity contribution in [3.05, 3.63) is 89.8 Å². The molecule has 3 aliphatic rings. The molecule has 3 heterocycles. The summed E-state index contributed by atoms with van der Waals surface area (Å²) in [7, 11) is 1.65. The van der Waals surface area contributed by atoms with E-state index in [2.05, 4.69) is 33.9 Å². The number of nitrogens with zero attached hydrogens (tertiary/aromatic N) is 4. The maximum atomic E-state index is 14.0. The van der Waals surface area contributed by atoms with Gasteiger partial charge in [0, 0.05) is 50.1 Å². The van der Waals surface area contributed by atoms with Crippen LogP contribution in [0.25, 0.3) is 0 Å². The van der Waals surface area contributed by atoms with Crippen molar-refractivity contribution in [2.75, 3.05) is 55.0 Å². The number of pyridine rings is 1. The molecule has 0 saturated carbocycles. The number of fused-ring (bicyclic) bond motifs is 1. The third kappa shape index (κ3) is 5.38. The van der Waals surface area contributed by atoms with E-state index in [1.807, 2.05) is 71.6 Å². The van der Waals surface area contributed by atoms with Gasteiger partial charge in [0.25, 0.3) is 0 Å². The largest absolute Gasteiger partial charge is 0.497 e. The monoisotopic (exact) mass is 551 g/mol. The SMILES string of the molecule is COc1cccc(C2C3=C(CC(C)(C)CC3=O)Nc3ccccc3N2CC(=O)N2CCN(c3ccccn3)CC2)c1. The van der Waals surface area contributed by atoms with E-state index in [1.165, 1.54) is 0 Å². The zero-order valence-electron chi connectivity index (χ0n) is 24.0. The highest BCUT2D eigenvalue weighted by molar-refractivity contribution is 6.02. The van der Waals surface area contributed by atoms with Gasteiger partial charge in [-0.15, -0.1) is 0 Å². The van der Waals surface area contributed by atoms with Gasteiger partial charge in [-0.2, -0.15) is 0 Å². The summed E-state index contributed by atoms with van der Waals surface area (Å²) in [4.78, 5) is 38.6. The molecule has 2 aromatic carbocycles. The number of carbonyl (C=O) groups excluding carboxylic acids is 2. The molecule has 1 fully saturated rings. The van der Waals surface area contributed by atoms with Gasteiger partial charge in [-0.3, -0.25) is 9.59 Å². The van der Waals surface area contributed by atoms with Crippen molar-refractivity contribution in [1.82, 2.24) is 9.88 Å². The molecule has 6 rings (SSSR count). The van der Waals surface area contributed by atoms with Crippen molar-refractivity contribution in [1.29, 1.82) is 0 Å². The molecule has 41 heavy (non-hydrogen) atoms. The van der Waals surface area contributed by atoms with Crippen LogP contribution in [0.15, 0.2) is 84.2 Å². The van der Waals surface area contributed by atoms with E-state index in [0.29, 0.717) is 19.5 Å². The smallest absolute Gasteiger partial charge is 0.242 e. The zero-order chi connectivity index (χ0) is 28.6. The van der Waals surface area contributed by atoms with E-state index in [1.54, 1.807) is 13.3 Å². The number of carbonyl (C=O) groups is 2. The molecule has 1 atom stereocenters. The number of ether oxygens (including phenoxy) is 1. The molecular weight excluding hydrogens is 514 g/mol. The van der Waals surface area contributed by atoms with Gasteiger partial charge in [-0.05, 0) is 53.8 Å². The zero-order valence-corrected chi connectivity index (χ0v) is 24.0. The molecule has 8 nitrogen and oxygen atoms in total. The second-order valence-corrected chi connectivity index (χ2v) is 11.8. The van der Waals surface area contributed by atoms with Crippen molar-refractivity contribution in [2.45, 2.75) is 32.7 Å². The van der Waals surface area contributed by atoms with Gasteiger partial charge < -0.3 is 24.8 Å². The maximum Gasteiger partial charge on any atom is 0.242 e. The number of para-hydroxylation sites is 2. The highest BCUT2D eigenvalue weighted by Gasteiger charge is 2.42. The number of methoxy groups -OCH3 is 1. The summed E-state index contributed by atoms with van der Waals surface area (Å²) in [6.07, 6.45) is 3.01. The molecular formula is C33H37N5O3. The van der Waals surface area contributed by atoms with E-state index >= 15 is 0 Å². The van der Waals surface area contributed by atoms with E-state index in [0.717, 1.165) is 59.3 Å². The quantitative estimate of drug-likeness (QED) is 0.475. The van der Waals surface area contributed by atoms with Gasteiger partial charge in [0.05, 0.1) is 31.1 Å². The van der Waals surface area contributed by atoms with Gasteiger partial charge >= 0.3 is 0 Å². The minimum atomic E-state index is -0.432. The Morgan fingerprint density at radius 3 is 2.54 bits per heavy atom. The summed E-state index contributed by atoms with van der Waals surface area (Å²) in [5.74, 6) is 1.81. The van der Waals surface area contributed by atoms with E-state index in [4.69, 9.17) is 4.74 Å². The fourth-order valence-corrected chi connectivity index (χ4v) is 6.36. The van der Waals surface area contributed by atoms with Crippen LogP contribution < -0.4 is 19.9 Å². The molecule has 0 spiro atoms. The lowest BCUT2D eigenvalue weighted by molar-refractivity contribution is -0.130. The first kappa shape index (κ1) is 26.9. The van der Waals surface area contributed by atoms with Crippen LogP contribution in [0.2, 0.25) is 0 Å². The van der Waals surface area contributed by atoms with Crippen molar-refractivity contribution in [3.8, 4) is 5.75 Å². The average Bonchev–Trinajstić information content (AvgIpc) is 3.11. The van der Waals surface area contributed by atoms with E-state index in [9.17, 15) is 9.59 Å². The Balaban J connectivity index is 1.37. The van der Waals surface area contributed by atoms with Gasteiger partial charge in [-0.25, -0.2) is 4.98 Å². The molecule has 0 bridgehead atoms. The summed E-state index contributed by atoms with van der Waals surface area (Å²) in [6.45, 7) is 7.12. The predicted molar refractivity (Wildman–Crippen MR) is 161 cm³/mol. The van der Waals surface area contributed by atoms with Crippen molar-refractivity contribution in [2.24, 2.45) is 5.41 Å². The number of ketones is 1. The fraction of sp³-hybridized carbons (Fsp3) is 0.364. The van der Waals surface area contributed by atoms with Crippen LogP contribution in [0.1, 0.15) is 38.3 Å². The van der Waals surface area contributed by atoms with E-state index in [-0.39, 0.29) is 23.7 Å². The number of benzene rings is 2. The highest BCUT2D eigenvalue weighted by atomic mass is 16.5. The molecule has 3 aromatic rings. The standard InChI is InChI=1S/C33H37N5O3/c1-33(2)20-26-31(28(39)21-33)32(23-9-8-10-24(19-23)41-3)38(27-12-5-4-11-25(27)35-26)22-30(40)37-17-15-36(16-18-37)29-13-6-7-14-34-29/h4-14,19,32,35H,15-18,20-22H2,1-3H3. The number of piperazine rings is 1. The third-order valence-electron chi connectivity index (χ3n) is 8.32. The fourth-order valence-electron chi connectivity index (χ4n) is 6.36. The summed E-state index contributed by atoms with van der Waals surface area (Å²) in [5, 5.41) is 3.63. The van der Waals surface area contributed by atoms with Gasteiger partial charge in [0.15, 0.2) is 5.78 Å².